The molecular formula is C28H26N2O5. The summed E-state index contributed by atoms with van der Waals surface area (Å²) < 4.78 is 5.46. The molecular weight excluding hydrogens is 444 g/mol. The second-order valence-corrected chi connectivity index (χ2v) is 8.91. The number of ether oxygens (including phenoxy) is 1. The maximum atomic E-state index is 14.1. The number of hydrogen-bond acceptors (Lipinski definition) is 4. The van der Waals surface area contributed by atoms with Crippen molar-refractivity contribution in [3.8, 4) is 5.75 Å². The van der Waals surface area contributed by atoms with Crippen molar-refractivity contribution in [2.75, 3.05) is 6.54 Å². The molecule has 0 unspecified atom stereocenters. The third-order valence-corrected chi connectivity index (χ3v) is 6.86. The fraction of sp³-hybridized carbons (Fsp3) is 0.250. The van der Waals surface area contributed by atoms with Crippen molar-refractivity contribution in [1.29, 1.82) is 0 Å². The molecule has 3 aromatic carbocycles. The van der Waals surface area contributed by atoms with E-state index in [-0.39, 0.29) is 18.5 Å². The molecule has 178 valence electrons. The van der Waals surface area contributed by atoms with Gasteiger partial charge in [-0.2, -0.15) is 0 Å². The van der Waals surface area contributed by atoms with Gasteiger partial charge in [-0.15, -0.1) is 0 Å². The molecule has 35 heavy (non-hydrogen) atoms. The highest BCUT2D eigenvalue weighted by molar-refractivity contribution is 5.90. The van der Waals surface area contributed by atoms with Gasteiger partial charge in [0.1, 0.15) is 5.75 Å². The summed E-state index contributed by atoms with van der Waals surface area (Å²) in [5.74, 6) is -1.50. The predicted molar refractivity (Wildman–Crippen MR) is 129 cm³/mol. The monoisotopic (exact) mass is 470 g/mol. The van der Waals surface area contributed by atoms with E-state index in [9.17, 15) is 19.5 Å². The van der Waals surface area contributed by atoms with Gasteiger partial charge in [-0.1, -0.05) is 78.9 Å². The number of hydrogen-bond donors (Lipinski definition) is 1. The Bertz CT molecular complexity index is 1160. The van der Waals surface area contributed by atoms with Crippen molar-refractivity contribution in [1.82, 2.24) is 9.80 Å². The third-order valence-electron chi connectivity index (χ3n) is 6.86. The summed E-state index contributed by atoms with van der Waals surface area (Å²) in [5.41, 5.74) is 1.70. The van der Waals surface area contributed by atoms with Gasteiger partial charge in [-0.05, 0) is 36.1 Å². The summed E-state index contributed by atoms with van der Waals surface area (Å²) >= 11 is 0. The summed E-state index contributed by atoms with van der Waals surface area (Å²) in [6.07, 6.45) is 0.431. The lowest BCUT2D eigenvalue weighted by Gasteiger charge is -2.45. The molecule has 7 heteroatoms. The SMILES string of the molecule is O=C(O)[C@@H]1[C@H]2CC[C@@H](CN1C(=O)Oc1ccccc1)N2C(=O)C(c1ccccc1)c1ccccc1. The summed E-state index contributed by atoms with van der Waals surface area (Å²) in [4.78, 5) is 42.5. The molecule has 2 aliphatic rings. The first-order valence-electron chi connectivity index (χ1n) is 11.7. The molecule has 3 atom stereocenters. The molecule has 2 bridgehead atoms. The highest BCUT2D eigenvalue weighted by Gasteiger charge is 2.54. The second kappa shape index (κ2) is 9.62. The molecule has 2 heterocycles. The maximum absolute atomic E-state index is 14.1. The normalized spacial score (nSPS) is 21.1. The van der Waals surface area contributed by atoms with Crippen molar-refractivity contribution in [2.45, 2.75) is 36.9 Å². The lowest BCUT2D eigenvalue weighted by Crippen LogP contribution is -2.65. The summed E-state index contributed by atoms with van der Waals surface area (Å²) in [6.45, 7) is 0.112. The topological polar surface area (TPSA) is 87.2 Å². The largest absolute Gasteiger partial charge is 0.480 e. The number of fused-ring (bicyclic) bond motifs is 2. The van der Waals surface area contributed by atoms with Crippen molar-refractivity contribution in [2.24, 2.45) is 0 Å². The van der Waals surface area contributed by atoms with Crippen LogP contribution in [0.3, 0.4) is 0 Å². The molecule has 1 N–H and O–H groups in total. The number of rotatable bonds is 5. The number of aliphatic carboxylic acids is 1. The highest BCUT2D eigenvalue weighted by atomic mass is 16.6. The van der Waals surface area contributed by atoms with Crippen LogP contribution in [0.5, 0.6) is 5.75 Å². The van der Waals surface area contributed by atoms with E-state index < -0.39 is 30.1 Å². The van der Waals surface area contributed by atoms with E-state index in [1.807, 2.05) is 60.7 Å². The molecule has 0 saturated carbocycles. The van der Waals surface area contributed by atoms with Gasteiger partial charge in [0.15, 0.2) is 6.04 Å². The predicted octanol–water partition coefficient (Wildman–Crippen LogP) is 4.15. The van der Waals surface area contributed by atoms with E-state index in [2.05, 4.69) is 0 Å². The van der Waals surface area contributed by atoms with E-state index >= 15 is 0 Å². The van der Waals surface area contributed by atoms with Crippen molar-refractivity contribution in [3.05, 3.63) is 102 Å². The van der Waals surface area contributed by atoms with Crippen LogP contribution in [0, 0.1) is 0 Å². The fourth-order valence-electron chi connectivity index (χ4n) is 5.34. The van der Waals surface area contributed by atoms with Crippen LogP contribution in [-0.2, 0) is 9.59 Å². The van der Waals surface area contributed by atoms with Crippen LogP contribution in [0.2, 0.25) is 0 Å². The van der Waals surface area contributed by atoms with Gasteiger partial charge < -0.3 is 14.7 Å². The molecule has 0 aliphatic carbocycles. The Labute approximate surface area is 203 Å². The van der Waals surface area contributed by atoms with Crippen LogP contribution in [-0.4, -0.2) is 57.5 Å². The minimum Gasteiger partial charge on any atom is -0.480 e. The van der Waals surface area contributed by atoms with E-state index in [1.165, 1.54) is 4.90 Å². The Kier molecular flexibility index (Phi) is 6.23. The number of amides is 2. The average molecular weight is 471 g/mol. The number of nitrogens with zero attached hydrogens (tertiary/aromatic N) is 2. The quantitative estimate of drug-likeness (QED) is 0.606. The third kappa shape index (κ3) is 4.37. The van der Waals surface area contributed by atoms with Gasteiger partial charge in [0.2, 0.25) is 5.91 Å². The second-order valence-electron chi connectivity index (χ2n) is 8.91. The molecule has 0 aromatic heterocycles. The molecule has 5 rings (SSSR count). The van der Waals surface area contributed by atoms with Crippen molar-refractivity contribution in [3.63, 3.8) is 0 Å². The van der Waals surface area contributed by atoms with E-state index in [1.54, 1.807) is 35.2 Å². The van der Waals surface area contributed by atoms with Gasteiger partial charge in [-0.25, -0.2) is 9.59 Å². The number of para-hydroxylation sites is 1. The standard InChI is InChI=1S/C28H26N2O5/c31-26(24(19-10-4-1-5-11-19)20-12-6-2-7-13-20)30-21-16-17-23(30)25(27(32)33)29(18-21)28(34)35-22-14-8-3-9-15-22/h1-15,21,23-25H,16-18H2,(H,32,33)/t21-,23+,25-/m0/s1. The van der Waals surface area contributed by atoms with Crippen LogP contribution in [0.25, 0.3) is 0 Å². The van der Waals surface area contributed by atoms with Crippen LogP contribution in [0.15, 0.2) is 91.0 Å². The van der Waals surface area contributed by atoms with Crippen LogP contribution >= 0.6 is 0 Å². The van der Waals surface area contributed by atoms with Gasteiger partial charge >= 0.3 is 12.1 Å². The molecule has 7 nitrogen and oxygen atoms in total. The Hall–Kier alpha value is -4.13. The zero-order valence-corrected chi connectivity index (χ0v) is 19.1. The number of benzene rings is 3. The Morgan fingerprint density at radius 1 is 0.800 bits per heavy atom. The first kappa shape index (κ1) is 22.7. The molecule has 2 aliphatic heterocycles. The van der Waals surface area contributed by atoms with Crippen LogP contribution in [0.1, 0.15) is 29.9 Å². The first-order chi connectivity index (χ1) is 17.0. The lowest BCUT2D eigenvalue weighted by atomic mass is 9.88. The van der Waals surface area contributed by atoms with Gasteiger partial charge in [-0.3, -0.25) is 9.69 Å². The number of piperazine rings is 1. The van der Waals surface area contributed by atoms with Crippen LogP contribution < -0.4 is 4.74 Å². The molecule has 2 saturated heterocycles. The Balaban J connectivity index is 1.46. The maximum Gasteiger partial charge on any atom is 0.416 e. The zero-order valence-electron chi connectivity index (χ0n) is 19.1. The number of carboxylic acids is 1. The minimum atomic E-state index is -1.18. The average Bonchev–Trinajstić information content (AvgIpc) is 3.18. The van der Waals surface area contributed by atoms with E-state index in [0.717, 1.165) is 11.1 Å². The molecule has 2 fully saturated rings. The summed E-state index contributed by atoms with van der Waals surface area (Å²) in [5, 5.41) is 10.1. The Morgan fingerprint density at radius 2 is 1.34 bits per heavy atom. The van der Waals surface area contributed by atoms with Crippen molar-refractivity contribution >= 4 is 18.0 Å². The van der Waals surface area contributed by atoms with Gasteiger partial charge in [0, 0.05) is 12.6 Å². The first-order valence-corrected chi connectivity index (χ1v) is 11.7. The summed E-state index contributed by atoms with van der Waals surface area (Å²) in [7, 11) is 0. The summed E-state index contributed by atoms with van der Waals surface area (Å²) in [6, 6.07) is 25.5. The Morgan fingerprint density at radius 3 is 1.89 bits per heavy atom. The minimum absolute atomic E-state index is 0.112. The molecule has 2 amide bonds. The van der Waals surface area contributed by atoms with Crippen LogP contribution in [0.4, 0.5) is 4.79 Å². The molecule has 3 aromatic rings. The number of carboxylic acid groups (broad SMARTS) is 1. The highest BCUT2D eigenvalue weighted by Crippen LogP contribution is 2.39. The lowest BCUT2D eigenvalue weighted by molar-refractivity contribution is -0.152. The van der Waals surface area contributed by atoms with Crippen molar-refractivity contribution < 1.29 is 24.2 Å². The zero-order chi connectivity index (χ0) is 24.4. The van der Waals surface area contributed by atoms with Gasteiger partial charge in [0.25, 0.3) is 0 Å². The number of likely N-dealkylation sites (tertiary alicyclic amines) is 1. The van der Waals surface area contributed by atoms with E-state index in [4.69, 9.17) is 4.74 Å². The molecule has 0 radical (unpaired) electrons. The van der Waals surface area contributed by atoms with Gasteiger partial charge in [0.05, 0.1) is 12.0 Å². The number of carbonyl (C=O) groups excluding carboxylic acids is 2. The fourth-order valence-corrected chi connectivity index (χ4v) is 5.34. The smallest absolute Gasteiger partial charge is 0.416 e. The molecule has 0 spiro atoms. The van der Waals surface area contributed by atoms with E-state index in [0.29, 0.717) is 18.6 Å². The number of carbonyl (C=O) groups is 3.